The van der Waals surface area contributed by atoms with Crippen LogP contribution in [0.3, 0.4) is 0 Å². The topological polar surface area (TPSA) is 68.0 Å². The molecule has 0 unspecified atom stereocenters. The van der Waals surface area contributed by atoms with Gasteiger partial charge in [0.05, 0.1) is 0 Å². The van der Waals surface area contributed by atoms with Crippen LogP contribution in [0.1, 0.15) is 26.3 Å². The van der Waals surface area contributed by atoms with Crippen LogP contribution in [-0.2, 0) is 5.41 Å². The van der Waals surface area contributed by atoms with E-state index in [1.807, 2.05) is 12.1 Å². The van der Waals surface area contributed by atoms with E-state index in [0.717, 1.165) is 5.56 Å². The second-order valence-corrected chi connectivity index (χ2v) is 4.17. The summed E-state index contributed by atoms with van der Waals surface area (Å²) in [4.78, 5) is 14.6. The molecule has 3 N–H and O–H groups in total. The van der Waals surface area contributed by atoms with Crippen molar-refractivity contribution in [3.63, 3.8) is 0 Å². The SMILES string of the molecule is CC(C)(C)c1ccnc(NC(N)=O)c1. The van der Waals surface area contributed by atoms with Gasteiger partial charge in [0.25, 0.3) is 0 Å². The van der Waals surface area contributed by atoms with Crippen LogP contribution in [0.4, 0.5) is 10.6 Å². The molecule has 1 aromatic rings. The van der Waals surface area contributed by atoms with Gasteiger partial charge >= 0.3 is 6.03 Å². The maximum absolute atomic E-state index is 10.6. The first-order valence-electron chi connectivity index (χ1n) is 4.42. The fourth-order valence-corrected chi connectivity index (χ4v) is 1.09. The molecule has 0 fully saturated rings. The molecule has 76 valence electrons. The Labute approximate surface area is 83.5 Å². The van der Waals surface area contributed by atoms with E-state index < -0.39 is 6.03 Å². The van der Waals surface area contributed by atoms with Gasteiger partial charge in [0.15, 0.2) is 0 Å². The summed E-state index contributed by atoms with van der Waals surface area (Å²) in [6, 6.07) is 3.15. The van der Waals surface area contributed by atoms with Crippen molar-refractivity contribution < 1.29 is 4.79 Å². The number of rotatable bonds is 1. The Morgan fingerprint density at radius 3 is 2.64 bits per heavy atom. The van der Waals surface area contributed by atoms with Gasteiger partial charge in [-0.1, -0.05) is 20.8 Å². The summed E-state index contributed by atoms with van der Waals surface area (Å²) in [5.41, 5.74) is 6.14. The van der Waals surface area contributed by atoms with Crippen LogP contribution in [0.5, 0.6) is 0 Å². The van der Waals surface area contributed by atoms with Gasteiger partial charge in [-0.05, 0) is 23.1 Å². The van der Waals surface area contributed by atoms with E-state index in [1.54, 1.807) is 6.20 Å². The van der Waals surface area contributed by atoms with Gasteiger partial charge in [0.2, 0.25) is 0 Å². The lowest BCUT2D eigenvalue weighted by Gasteiger charge is -2.19. The normalized spacial score (nSPS) is 11.1. The average molecular weight is 193 g/mol. The fourth-order valence-electron chi connectivity index (χ4n) is 1.09. The van der Waals surface area contributed by atoms with E-state index in [9.17, 15) is 4.79 Å². The predicted octanol–water partition coefficient (Wildman–Crippen LogP) is 1.87. The molecule has 14 heavy (non-hydrogen) atoms. The Morgan fingerprint density at radius 1 is 1.50 bits per heavy atom. The number of carbonyl (C=O) groups is 1. The number of urea groups is 1. The minimum atomic E-state index is -0.594. The Balaban J connectivity index is 2.95. The molecule has 1 heterocycles. The zero-order valence-electron chi connectivity index (χ0n) is 8.66. The molecule has 1 rings (SSSR count). The number of carbonyl (C=O) groups excluding carboxylic acids is 1. The number of hydrogen-bond acceptors (Lipinski definition) is 2. The fraction of sp³-hybridized carbons (Fsp3) is 0.400. The molecule has 0 atom stereocenters. The third kappa shape index (κ3) is 2.73. The quantitative estimate of drug-likeness (QED) is 0.714. The van der Waals surface area contributed by atoms with Crippen LogP contribution in [0.25, 0.3) is 0 Å². The number of pyridine rings is 1. The van der Waals surface area contributed by atoms with Crippen LogP contribution in [-0.4, -0.2) is 11.0 Å². The van der Waals surface area contributed by atoms with E-state index in [0.29, 0.717) is 5.82 Å². The zero-order valence-corrected chi connectivity index (χ0v) is 8.66. The Hall–Kier alpha value is -1.58. The highest BCUT2D eigenvalue weighted by Gasteiger charge is 2.14. The Morgan fingerprint density at radius 2 is 2.14 bits per heavy atom. The lowest BCUT2D eigenvalue weighted by atomic mass is 9.88. The number of nitrogens with one attached hydrogen (secondary N) is 1. The number of hydrogen-bond donors (Lipinski definition) is 2. The third-order valence-electron chi connectivity index (χ3n) is 1.88. The highest BCUT2D eigenvalue weighted by Crippen LogP contribution is 2.23. The van der Waals surface area contributed by atoms with Gasteiger partial charge in [0.1, 0.15) is 5.82 Å². The van der Waals surface area contributed by atoms with E-state index in [-0.39, 0.29) is 5.41 Å². The molecule has 0 radical (unpaired) electrons. The summed E-state index contributed by atoms with van der Waals surface area (Å²) in [6.45, 7) is 6.28. The van der Waals surface area contributed by atoms with Crippen molar-refractivity contribution in [1.82, 2.24) is 4.98 Å². The second kappa shape index (κ2) is 3.65. The monoisotopic (exact) mass is 193 g/mol. The van der Waals surface area contributed by atoms with Crippen LogP contribution in [0.15, 0.2) is 18.3 Å². The largest absolute Gasteiger partial charge is 0.351 e. The molecule has 0 saturated heterocycles. The summed E-state index contributed by atoms with van der Waals surface area (Å²) in [5, 5.41) is 2.44. The molecule has 0 aromatic carbocycles. The maximum atomic E-state index is 10.6. The molecule has 0 aliphatic heterocycles. The van der Waals surface area contributed by atoms with Gasteiger partial charge in [-0.3, -0.25) is 5.32 Å². The van der Waals surface area contributed by atoms with Crippen molar-refractivity contribution in [3.05, 3.63) is 23.9 Å². The summed E-state index contributed by atoms with van der Waals surface area (Å²) in [7, 11) is 0. The lowest BCUT2D eigenvalue weighted by Crippen LogP contribution is -2.20. The van der Waals surface area contributed by atoms with E-state index in [4.69, 9.17) is 5.73 Å². The smallest absolute Gasteiger partial charge is 0.317 e. The van der Waals surface area contributed by atoms with E-state index in [1.165, 1.54) is 0 Å². The number of nitrogens with zero attached hydrogens (tertiary/aromatic N) is 1. The Kier molecular flexibility index (Phi) is 2.74. The van der Waals surface area contributed by atoms with Crippen molar-refractivity contribution in [2.75, 3.05) is 5.32 Å². The summed E-state index contributed by atoms with van der Waals surface area (Å²) < 4.78 is 0. The molecule has 4 heteroatoms. The van der Waals surface area contributed by atoms with Crippen LogP contribution in [0, 0.1) is 0 Å². The molecule has 0 aliphatic rings. The predicted molar refractivity (Wildman–Crippen MR) is 56.1 cm³/mol. The van der Waals surface area contributed by atoms with Crippen LogP contribution < -0.4 is 11.1 Å². The average Bonchev–Trinajstić information content (AvgIpc) is 2.01. The minimum absolute atomic E-state index is 0.0387. The summed E-state index contributed by atoms with van der Waals surface area (Å²) >= 11 is 0. The van der Waals surface area contributed by atoms with Crippen molar-refractivity contribution in [3.8, 4) is 0 Å². The van der Waals surface area contributed by atoms with Gasteiger partial charge in [-0.25, -0.2) is 9.78 Å². The second-order valence-electron chi connectivity index (χ2n) is 4.17. The Bertz CT molecular complexity index is 341. The summed E-state index contributed by atoms with van der Waals surface area (Å²) in [5.74, 6) is 0.491. The lowest BCUT2D eigenvalue weighted by molar-refractivity contribution is 0.259. The minimum Gasteiger partial charge on any atom is -0.351 e. The van der Waals surface area contributed by atoms with Gasteiger partial charge in [-0.2, -0.15) is 0 Å². The number of amides is 2. The van der Waals surface area contributed by atoms with Crippen molar-refractivity contribution in [2.24, 2.45) is 5.73 Å². The molecule has 0 spiro atoms. The molecular weight excluding hydrogens is 178 g/mol. The van der Waals surface area contributed by atoms with Crippen LogP contribution in [0.2, 0.25) is 0 Å². The number of nitrogens with two attached hydrogens (primary N) is 1. The molecule has 0 bridgehead atoms. The zero-order chi connectivity index (χ0) is 10.8. The third-order valence-corrected chi connectivity index (χ3v) is 1.88. The highest BCUT2D eigenvalue weighted by atomic mass is 16.2. The van der Waals surface area contributed by atoms with Crippen molar-refractivity contribution in [1.29, 1.82) is 0 Å². The van der Waals surface area contributed by atoms with E-state index >= 15 is 0 Å². The van der Waals surface area contributed by atoms with Crippen LogP contribution >= 0.6 is 0 Å². The maximum Gasteiger partial charge on any atom is 0.317 e. The molecule has 0 aliphatic carbocycles. The number of primary amides is 1. The first-order valence-corrected chi connectivity index (χ1v) is 4.42. The molecule has 2 amide bonds. The van der Waals surface area contributed by atoms with Gasteiger partial charge < -0.3 is 5.73 Å². The highest BCUT2D eigenvalue weighted by molar-refractivity contribution is 5.86. The molecular formula is C10H15N3O. The van der Waals surface area contributed by atoms with Gasteiger partial charge in [-0.15, -0.1) is 0 Å². The van der Waals surface area contributed by atoms with Crippen molar-refractivity contribution in [2.45, 2.75) is 26.2 Å². The van der Waals surface area contributed by atoms with E-state index in [2.05, 4.69) is 31.1 Å². The number of aromatic nitrogens is 1. The first-order chi connectivity index (χ1) is 6.39. The molecule has 0 saturated carbocycles. The molecule has 1 aromatic heterocycles. The standard InChI is InChI=1S/C10H15N3O/c1-10(2,3)7-4-5-12-8(6-7)13-9(11)14/h4-6H,1-3H3,(H3,11,12,13,14). The van der Waals surface area contributed by atoms with Gasteiger partial charge in [0, 0.05) is 6.20 Å². The number of anilines is 1. The van der Waals surface area contributed by atoms with Crippen molar-refractivity contribution >= 4 is 11.8 Å². The summed E-state index contributed by atoms with van der Waals surface area (Å²) in [6.07, 6.45) is 1.66. The first kappa shape index (κ1) is 10.5. The molecule has 4 nitrogen and oxygen atoms in total.